The fourth-order valence-corrected chi connectivity index (χ4v) is 10.7. The summed E-state index contributed by atoms with van der Waals surface area (Å²) in [5, 5.41) is 2.54. The molecule has 3 aliphatic carbocycles. The third kappa shape index (κ3) is 4.40. The van der Waals surface area contributed by atoms with Crippen LogP contribution in [0.4, 0.5) is 17.1 Å². The third-order valence-electron chi connectivity index (χ3n) is 13.3. The van der Waals surface area contributed by atoms with Crippen LogP contribution in [-0.4, -0.2) is 0 Å². The van der Waals surface area contributed by atoms with Crippen LogP contribution in [0.15, 0.2) is 200 Å². The standard InChI is InChI=1S/C56H39N/c1-55(2)53-33-39(38-25-24-36-14-6-7-15-37(36)32-38)26-29-46(53)47-30-27-42(35-54(47)55)57(40-16-4-3-5-17-40)41-28-31-52-48(34-41)45-20-10-13-23-51(45)56(52)49-21-11-8-18-43(49)44-19-9-12-22-50(44)56/h3-35H,1-2H3. The molecule has 268 valence electrons. The fraction of sp³-hybridized carbons (Fsp3) is 0.0714. The number of hydrogen-bond donors (Lipinski definition) is 0. The predicted molar refractivity (Wildman–Crippen MR) is 238 cm³/mol. The molecule has 0 saturated carbocycles. The molecule has 0 bridgehead atoms. The molecule has 0 amide bonds. The van der Waals surface area contributed by atoms with Crippen molar-refractivity contribution in [2.45, 2.75) is 24.7 Å². The Morgan fingerprint density at radius 2 is 0.772 bits per heavy atom. The van der Waals surface area contributed by atoms with Gasteiger partial charge in [-0.2, -0.15) is 0 Å². The first-order chi connectivity index (χ1) is 28.0. The molecule has 0 heterocycles. The highest BCUT2D eigenvalue weighted by Crippen LogP contribution is 2.63. The van der Waals surface area contributed by atoms with E-state index in [2.05, 4.69) is 219 Å². The third-order valence-corrected chi connectivity index (χ3v) is 13.3. The highest BCUT2D eigenvalue weighted by atomic mass is 15.1. The summed E-state index contributed by atoms with van der Waals surface area (Å²) >= 11 is 0. The lowest BCUT2D eigenvalue weighted by atomic mass is 9.70. The minimum atomic E-state index is -0.357. The fourth-order valence-electron chi connectivity index (χ4n) is 10.7. The van der Waals surface area contributed by atoms with Gasteiger partial charge in [-0.05, 0) is 137 Å². The Balaban J connectivity index is 1.00. The molecule has 0 unspecified atom stereocenters. The molecule has 12 rings (SSSR count). The van der Waals surface area contributed by atoms with Gasteiger partial charge in [0.15, 0.2) is 0 Å². The molecule has 0 radical (unpaired) electrons. The molecule has 1 heteroatoms. The molecule has 0 aromatic heterocycles. The summed E-state index contributed by atoms with van der Waals surface area (Å²) in [6, 6.07) is 74.9. The smallest absolute Gasteiger partial charge is 0.0725 e. The molecule has 0 atom stereocenters. The number of rotatable bonds is 4. The second-order valence-electron chi connectivity index (χ2n) is 16.5. The number of benzene rings is 9. The zero-order valence-corrected chi connectivity index (χ0v) is 32.0. The van der Waals surface area contributed by atoms with Crippen LogP contribution in [-0.2, 0) is 10.8 Å². The zero-order chi connectivity index (χ0) is 37.9. The van der Waals surface area contributed by atoms with Crippen molar-refractivity contribution in [3.63, 3.8) is 0 Å². The average molecular weight is 726 g/mol. The van der Waals surface area contributed by atoms with Gasteiger partial charge >= 0.3 is 0 Å². The van der Waals surface area contributed by atoms with Gasteiger partial charge in [0, 0.05) is 22.5 Å². The first kappa shape index (κ1) is 32.3. The quantitative estimate of drug-likeness (QED) is 0.175. The molecule has 57 heavy (non-hydrogen) atoms. The molecule has 1 spiro atoms. The van der Waals surface area contributed by atoms with Gasteiger partial charge in [-0.25, -0.2) is 0 Å². The van der Waals surface area contributed by atoms with Gasteiger partial charge in [0.05, 0.1) is 5.41 Å². The van der Waals surface area contributed by atoms with Crippen LogP contribution in [0, 0.1) is 0 Å². The molecule has 9 aromatic carbocycles. The summed E-state index contributed by atoms with van der Waals surface area (Å²) in [6.07, 6.45) is 0. The second-order valence-corrected chi connectivity index (χ2v) is 16.5. The van der Waals surface area contributed by atoms with Crippen LogP contribution in [0.3, 0.4) is 0 Å². The van der Waals surface area contributed by atoms with Crippen LogP contribution in [0.5, 0.6) is 0 Å². The van der Waals surface area contributed by atoms with Gasteiger partial charge in [-0.15, -0.1) is 0 Å². The largest absolute Gasteiger partial charge is 0.310 e. The van der Waals surface area contributed by atoms with E-state index >= 15 is 0 Å². The van der Waals surface area contributed by atoms with Crippen molar-refractivity contribution in [3.05, 3.63) is 234 Å². The number of hydrogen-bond acceptors (Lipinski definition) is 1. The molecule has 0 saturated heterocycles. The van der Waals surface area contributed by atoms with Gasteiger partial charge < -0.3 is 4.90 Å². The summed E-state index contributed by atoms with van der Waals surface area (Å²) in [5.41, 5.74) is 21.5. The minimum absolute atomic E-state index is 0.178. The number of fused-ring (bicyclic) bond motifs is 14. The van der Waals surface area contributed by atoms with Crippen LogP contribution >= 0.6 is 0 Å². The maximum Gasteiger partial charge on any atom is 0.0725 e. The molecule has 0 aliphatic heterocycles. The summed E-state index contributed by atoms with van der Waals surface area (Å²) in [4.78, 5) is 2.45. The molecular weight excluding hydrogens is 687 g/mol. The molecule has 3 aliphatic rings. The number of anilines is 3. The topological polar surface area (TPSA) is 3.24 Å². The van der Waals surface area contributed by atoms with Gasteiger partial charge in [-0.3, -0.25) is 0 Å². The van der Waals surface area contributed by atoms with Crippen molar-refractivity contribution in [1.29, 1.82) is 0 Å². The van der Waals surface area contributed by atoms with E-state index in [4.69, 9.17) is 0 Å². The summed E-state index contributed by atoms with van der Waals surface area (Å²) in [6.45, 7) is 4.78. The Morgan fingerprint density at radius 3 is 1.47 bits per heavy atom. The first-order valence-electron chi connectivity index (χ1n) is 20.1. The molecule has 0 N–H and O–H groups in total. The minimum Gasteiger partial charge on any atom is -0.310 e. The van der Waals surface area contributed by atoms with Crippen LogP contribution in [0.2, 0.25) is 0 Å². The van der Waals surface area contributed by atoms with E-state index in [0.29, 0.717) is 0 Å². The summed E-state index contributed by atoms with van der Waals surface area (Å²) in [5.74, 6) is 0. The van der Waals surface area contributed by atoms with E-state index in [0.717, 1.165) is 17.1 Å². The van der Waals surface area contributed by atoms with E-state index in [1.165, 1.54) is 88.7 Å². The average Bonchev–Trinajstić information content (AvgIpc) is 3.82. The Labute approximate surface area is 334 Å². The predicted octanol–water partition coefficient (Wildman–Crippen LogP) is 14.6. The van der Waals surface area contributed by atoms with Crippen molar-refractivity contribution >= 4 is 27.8 Å². The van der Waals surface area contributed by atoms with Crippen molar-refractivity contribution in [2.24, 2.45) is 0 Å². The summed E-state index contributed by atoms with van der Waals surface area (Å²) in [7, 11) is 0. The Bertz CT molecular complexity index is 3070. The normalized spacial score (nSPS) is 14.4. The Morgan fingerprint density at radius 1 is 0.298 bits per heavy atom. The number of para-hydroxylation sites is 1. The van der Waals surface area contributed by atoms with Crippen molar-refractivity contribution in [1.82, 2.24) is 0 Å². The van der Waals surface area contributed by atoms with E-state index in [9.17, 15) is 0 Å². The first-order valence-corrected chi connectivity index (χ1v) is 20.1. The Hall–Kier alpha value is -6.96. The van der Waals surface area contributed by atoms with Crippen molar-refractivity contribution < 1.29 is 0 Å². The Kier molecular flexibility index (Phi) is 6.67. The lowest BCUT2D eigenvalue weighted by Crippen LogP contribution is -2.25. The monoisotopic (exact) mass is 725 g/mol. The summed E-state index contributed by atoms with van der Waals surface area (Å²) < 4.78 is 0. The second kappa shape index (κ2) is 11.8. The van der Waals surface area contributed by atoms with Crippen molar-refractivity contribution in [2.75, 3.05) is 4.90 Å². The lowest BCUT2D eigenvalue weighted by molar-refractivity contribution is 0.660. The highest BCUT2D eigenvalue weighted by Gasteiger charge is 2.51. The molecule has 0 fully saturated rings. The van der Waals surface area contributed by atoms with E-state index in [1.54, 1.807) is 0 Å². The van der Waals surface area contributed by atoms with Crippen LogP contribution in [0.1, 0.15) is 47.2 Å². The van der Waals surface area contributed by atoms with Crippen LogP contribution < -0.4 is 4.90 Å². The number of nitrogens with zero attached hydrogens (tertiary/aromatic N) is 1. The van der Waals surface area contributed by atoms with Crippen LogP contribution in [0.25, 0.3) is 55.3 Å². The van der Waals surface area contributed by atoms with Gasteiger partial charge in [0.2, 0.25) is 0 Å². The van der Waals surface area contributed by atoms with Crippen molar-refractivity contribution in [3.8, 4) is 44.5 Å². The van der Waals surface area contributed by atoms with E-state index in [1.807, 2.05) is 0 Å². The maximum absolute atomic E-state index is 2.45. The molecular formula is C56H39N. The van der Waals surface area contributed by atoms with E-state index < -0.39 is 0 Å². The van der Waals surface area contributed by atoms with Gasteiger partial charge in [0.1, 0.15) is 0 Å². The van der Waals surface area contributed by atoms with Gasteiger partial charge in [-0.1, -0.05) is 166 Å². The maximum atomic E-state index is 2.45. The SMILES string of the molecule is CC1(C)c2cc(-c3ccc4ccccc4c3)ccc2-c2ccc(N(c3ccccc3)c3ccc4c(c3)-c3ccccc3C43c4ccccc4-c4ccccc43)cc21. The lowest BCUT2D eigenvalue weighted by Gasteiger charge is -2.31. The zero-order valence-electron chi connectivity index (χ0n) is 32.0. The molecule has 9 aromatic rings. The van der Waals surface area contributed by atoms with E-state index in [-0.39, 0.29) is 10.8 Å². The molecule has 1 nitrogen and oxygen atoms in total. The highest BCUT2D eigenvalue weighted by molar-refractivity contribution is 5.97. The van der Waals surface area contributed by atoms with Gasteiger partial charge in [0.25, 0.3) is 0 Å².